The normalized spacial score (nSPS) is 10.2. The highest BCUT2D eigenvalue weighted by molar-refractivity contribution is 7.09. The van der Waals surface area contributed by atoms with Gasteiger partial charge in [-0.05, 0) is 6.07 Å². The van der Waals surface area contributed by atoms with Crippen molar-refractivity contribution in [3.63, 3.8) is 0 Å². The molecule has 0 spiro atoms. The van der Waals surface area contributed by atoms with Crippen LogP contribution in [0.3, 0.4) is 0 Å². The molecule has 2 rings (SSSR count). The molecule has 3 N–H and O–H groups in total. The Morgan fingerprint density at radius 2 is 2.35 bits per heavy atom. The first-order valence-corrected chi connectivity index (χ1v) is 6.00. The maximum Gasteiger partial charge on any atom is 0.253 e. The number of carbonyl (C=O) groups is 1. The van der Waals surface area contributed by atoms with Crippen molar-refractivity contribution >= 4 is 34.7 Å². The van der Waals surface area contributed by atoms with Gasteiger partial charge in [-0.3, -0.25) is 4.79 Å². The van der Waals surface area contributed by atoms with E-state index in [4.69, 9.17) is 17.3 Å². The first-order chi connectivity index (χ1) is 8.16. The van der Waals surface area contributed by atoms with Gasteiger partial charge in [0.15, 0.2) is 0 Å². The third kappa shape index (κ3) is 2.92. The quantitative estimate of drug-likeness (QED) is 0.888. The molecule has 0 bridgehead atoms. The molecule has 2 heterocycles. The Labute approximate surface area is 107 Å². The van der Waals surface area contributed by atoms with E-state index in [1.165, 1.54) is 23.6 Å². The van der Waals surface area contributed by atoms with Crippen LogP contribution in [-0.2, 0) is 6.54 Å². The van der Waals surface area contributed by atoms with Crippen LogP contribution in [0, 0.1) is 0 Å². The van der Waals surface area contributed by atoms with E-state index in [1.807, 2.05) is 5.38 Å². The van der Waals surface area contributed by atoms with E-state index in [-0.39, 0.29) is 16.7 Å². The molecule has 0 fully saturated rings. The van der Waals surface area contributed by atoms with Crippen molar-refractivity contribution in [2.45, 2.75) is 6.54 Å². The number of nitrogens with one attached hydrogen (secondary N) is 1. The van der Waals surface area contributed by atoms with Crippen LogP contribution in [0.2, 0.25) is 5.02 Å². The van der Waals surface area contributed by atoms with Crippen molar-refractivity contribution in [2.75, 3.05) is 5.73 Å². The first-order valence-electron chi connectivity index (χ1n) is 4.74. The van der Waals surface area contributed by atoms with Crippen LogP contribution in [0.15, 0.2) is 23.8 Å². The van der Waals surface area contributed by atoms with Gasteiger partial charge < -0.3 is 11.1 Å². The van der Waals surface area contributed by atoms with E-state index in [0.717, 1.165) is 5.01 Å². The highest BCUT2D eigenvalue weighted by Crippen LogP contribution is 2.16. The summed E-state index contributed by atoms with van der Waals surface area (Å²) in [5, 5.41) is 5.68. The topological polar surface area (TPSA) is 80.9 Å². The van der Waals surface area contributed by atoms with E-state index >= 15 is 0 Å². The molecule has 0 radical (unpaired) electrons. The van der Waals surface area contributed by atoms with Gasteiger partial charge in [0.05, 0.1) is 17.1 Å². The van der Waals surface area contributed by atoms with Crippen molar-refractivity contribution in [2.24, 2.45) is 0 Å². The highest BCUT2D eigenvalue weighted by atomic mass is 35.5. The van der Waals surface area contributed by atoms with Crippen LogP contribution < -0.4 is 11.1 Å². The lowest BCUT2D eigenvalue weighted by Gasteiger charge is -2.04. The van der Waals surface area contributed by atoms with Crippen LogP contribution in [0.4, 0.5) is 5.82 Å². The number of nitrogens with zero attached hydrogens (tertiary/aromatic N) is 2. The van der Waals surface area contributed by atoms with Gasteiger partial charge in [-0.1, -0.05) is 11.6 Å². The van der Waals surface area contributed by atoms with Crippen molar-refractivity contribution in [1.82, 2.24) is 15.3 Å². The molecular formula is C10H9ClN4OS. The zero-order chi connectivity index (χ0) is 12.3. The van der Waals surface area contributed by atoms with Gasteiger partial charge in [-0.2, -0.15) is 0 Å². The largest absolute Gasteiger partial charge is 0.382 e. The number of nitrogen functional groups attached to an aromatic ring is 1. The summed E-state index contributed by atoms with van der Waals surface area (Å²) in [6.45, 7) is 0.387. The number of aromatic nitrogens is 2. The standard InChI is InChI=1S/C10H9ClN4OS/c11-7-3-6(4-14-9(7)12)10(16)15-5-8-13-1-2-17-8/h1-4H,5H2,(H2,12,14)(H,15,16). The molecular weight excluding hydrogens is 260 g/mol. The van der Waals surface area contributed by atoms with Crippen LogP contribution in [0.1, 0.15) is 15.4 Å². The predicted molar refractivity (Wildman–Crippen MR) is 66.9 cm³/mol. The second-order valence-electron chi connectivity index (χ2n) is 3.20. The number of carbonyl (C=O) groups excluding carboxylic acids is 1. The minimum absolute atomic E-state index is 0.211. The van der Waals surface area contributed by atoms with Gasteiger partial charge >= 0.3 is 0 Å². The molecule has 0 aliphatic carbocycles. The number of pyridine rings is 1. The molecule has 5 nitrogen and oxygen atoms in total. The molecule has 0 aliphatic heterocycles. The number of anilines is 1. The zero-order valence-corrected chi connectivity index (χ0v) is 10.3. The molecule has 0 atom stereocenters. The number of halogens is 1. The molecule has 88 valence electrons. The molecule has 0 saturated carbocycles. The summed E-state index contributed by atoms with van der Waals surface area (Å²) in [4.78, 5) is 19.6. The van der Waals surface area contributed by atoms with Crippen LogP contribution >= 0.6 is 22.9 Å². The Bertz CT molecular complexity index is 529. The van der Waals surface area contributed by atoms with Crippen molar-refractivity contribution in [3.8, 4) is 0 Å². The lowest BCUT2D eigenvalue weighted by atomic mass is 10.2. The van der Waals surface area contributed by atoms with E-state index in [2.05, 4.69) is 15.3 Å². The Morgan fingerprint density at radius 1 is 1.53 bits per heavy atom. The fourth-order valence-electron chi connectivity index (χ4n) is 1.17. The maximum atomic E-state index is 11.7. The summed E-state index contributed by atoms with van der Waals surface area (Å²) in [5.41, 5.74) is 5.83. The molecule has 2 aromatic heterocycles. The summed E-state index contributed by atoms with van der Waals surface area (Å²) in [5.74, 6) is -0.0438. The predicted octanol–water partition coefficient (Wildman–Crippen LogP) is 1.70. The van der Waals surface area contributed by atoms with Gasteiger partial charge in [0, 0.05) is 17.8 Å². The molecule has 1 amide bonds. The Balaban J connectivity index is 2.02. The summed E-state index contributed by atoms with van der Waals surface area (Å²) in [6.07, 6.45) is 3.08. The Kier molecular flexibility index (Phi) is 3.55. The lowest BCUT2D eigenvalue weighted by Crippen LogP contribution is -2.22. The molecule has 7 heteroatoms. The minimum Gasteiger partial charge on any atom is -0.382 e. The smallest absolute Gasteiger partial charge is 0.253 e. The third-order valence-electron chi connectivity index (χ3n) is 2.02. The second-order valence-corrected chi connectivity index (χ2v) is 4.59. The fourth-order valence-corrected chi connectivity index (χ4v) is 1.89. The van der Waals surface area contributed by atoms with Gasteiger partial charge in [-0.25, -0.2) is 9.97 Å². The summed E-state index contributed by atoms with van der Waals surface area (Å²) in [7, 11) is 0. The second kappa shape index (κ2) is 5.11. The van der Waals surface area contributed by atoms with Crippen molar-refractivity contribution in [3.05, 3.63) is 39.4 Å². The number of hydrogen-bond acceptors (Lipinski definition) is 5. The van der Waals surface area contributed by atoms with Gasteiger partial charge in [0.1, 0.15) is 10.8 Å². The minimum atomic E-state index is -0.255. The van der Waals surface area contributed by atoms with Crippen molar-refractivity contribution in [1.29, 1.82) is 0 Å². The molecule has 17 heavy (non-hydrogen) atoms. The van der Waals surface area contributed by atoms with E-state index in [9.17, 15) is 4.79 Å². The number of thiazole rings is 1. The number of hydrogen-bond donors (Lipinski definition) is 2. The molecule has 2 aromatic rings. The number of amides is 1. The van der Waals surface area contributed by atoms with Gasteiger partial charge in [-0.15, -0.1) is 11.3 Å². The third-order valence-corrected chi connectivity index (χ3v) is 3.10. The Hall–Kier alpha value is -1.66. The fraction of sp³-hybridized carbons (Fsp3) is 0.100. The number of nitrogens with two attached hydrogens (primary N) is 1. The SMILES string of the molecule is Nc1ncc(C(=O)NCc2nccs2)cc1Cl. The van der Waals surface area contributed by atoms with E-state index in [1.54, 1.807) is 6.20 Å². The van der Waals surface area contributed by atoms with Gasteiger partial charge in [0.25, 0.3) is 5.91 Å². The Morgan fingerprint density at radius 3 is 3.00 bits per heavy atom. The maximum absolute atomic E-state index is 11.7. The first kappa shape index (κ1) is 11.8. The molecule has 0 aromatic carbocycles. The van der Waals surface area contributed by atoms with E-state index in [0.29, 0.717) is 12.1 Å². The molecule has 0 aliphatic rings. The highest BCUT2D eigenvalue weighted by Gasteiger charge is 2.08. The van der Waals surface area contributed by atoms with Gasteiger partial charge in [0.2, 0.25) is 0 Å². The summed E-state index contributed by atoms with van der Waals surface area (Å²) >= 11 is 7.26. The van der Waals surface area contributed by atoms with Crippen LogP contribution in [-0.4, -0.2) is 15.9 Å². The average Bonchev–Trinajstić information content (AvgIpc) is 2.82. The average molecular weight is 269 g/mol. The van der Waals surface area contributed by atoms with E-state index < -0.39 is 0 Å². The summed E-state index contributed by atoms with van der Waals surface area (Å²) < 4.78 is 0. The molecule has 0 saturated heterocycles. The van der Waals surface area contributed by atoms with Crippen LogP contribution in [0.25, 0.3) is 0 Å². The molecule has 0 unspecified atom stereocenters. The van der Waals surface area contributed by atoms with Crippen LogP contribution in [0.5, 0.6) is 0 Å². The number of rotatable bonds is 3. The monoisotopic (exact) mass is 268 g/mol. The summed E-state index contributed by atoms with van der Waals surface area (Å²) in [6, 6.07) is 1.49. The van der Waals surface area contributed by atoms with Crippen molar-refractivity contribution < 1.29 is 4.79 Å². The zero-order valence-electron chi connectivity index (χ0n) is 8.68. The lowest BCUT2D eigenvalue weighted by molar-refractivity contribution is 0.0950.